The van der Waals surface area contributed by atoms with E-state index in [1.807, 2.05) is 42.7 Å². The van der Waals surface area contributed by atoms with Crippen LogP contribution in [-0.2, 0) is 0 Å². The fourth-order valence-corrected chi connectivity index (χ4v) is 5.15. The van der Waals surface area contributed by atoms with Gasteiger partial charge in [0.15, 0.2) is 0 Å². The standard InChI is InChI=1S/C32H20N2/c1-3-19-33-29(5-1)22-9-7-21(8-10-22)25-15-13-23-11-12-24-14-16-26(30-6-2-4-20-34-30)28-18-17-27(25)31(23)32(24)28/h1-20H. The molecule has 5 aromatic carbocycles. The summed E-state index contributed by atoms with van der Waals surface area (Å²) < 4.78 is 0. The summed E-state index contributed by atoms with van der Waals surface area (Å²) in [7, 11) is 0. The predicted octanol–water partition coefficient (Wildman–Crippen LogP) is 8.38. The molecule has 0 unspecified atom stereocenters. The molecule has 0 N–H and O–H groups in total. The average molecular weight is 433 g/mol. The molecule has 0 saturated carbocycles. The maximum absolute atomic E-state index is 4.62. The molecule has 0 aliphatic rings. The van der Waals surface area contributed by atoms with Crippen LogP contribution in [0.25, 0.3) is 66.0 Å². The zero-order chi connectivity index (χ0) is 22.5. The summed E-state index contributed by atoms with van der Waals surface area (Å²) in [5.41, 5.74) is 6.76. The molecular formula is C32H20N2. The molecule has 0 radical (unpaired) electrons. The van der Waals surface area contributed by atoms with Crippen molar-refractivity contribution in [3.63, 3.8) is 0 Å². The van der Waals surface area contributed by atoms with Crippen LogP contribution in [0.5, 0.6) is 0 Å². The molecule has 158 valence electrons. The van der Waals surface area contributed by atoms with Crippen molar-refractivity contribution in [2.24, 2.45) is 0 Å². The van der Waals surface area contributed by atoms with Crippen LogP contribution >= 0.6 is 0 Å². The van der Waals surface area contributed by atoms with E-state index < -0.39 is 0 Å². The van der Waals surface area contributed by atoms with E-state index in [9.17, 15) is 0 Å². The summed E-state index contributed by atoms with van der Waals surface area (Å²) >= 11 is 0. The lowest BCUT2D eigenvalue weighted by atomic mass is 9.87. The summed E-state index contributed by atoms with van der Waals surface area (Å²) in [5.74, 6) is 0. The molecule has 2 nitrogen and oxygen atoms in total. The fraction of sp³-hybridized carbons (Fsp3) is 0. The number of hydrogen-bond acceptors (Lipinski definition) is 2. The van der Waals surface area contributed by atoms with Gasteiger partial charge < -0.3 is 0 Å². The minimum atomic E-state index is 0.992. The van der Waals surface area contributed by atoms with Gasteiger partial charge in [-0.2, -0.15) is 0 Å². The van der Waals surface area contributed by atoms with Gasteiger partial charge >= 0.3 is 0 Å². The van der Waals surface area contributed by atoms with E-state index in [2.05, 4.69) is 88.8 Å². The molecule has 7 aromatic rings. The molecule has 2 aromatic heterocycles. The minimum absolute atomic E-state index is 0.992. The van der Waals surface area contributed by atoms with E-state index in [1.165, 1.54) is 49.0 Å². The van der Waals surface area contributed by atoms with Crippen LogP contribution in [0.4, 0.5) is 0 Å². The number of rotatable bonds is 3. The van der Waals surface area contributed by atoms with Gasteiger partial charge in [0.05, 0.1) is 11.4 Å². The second kappa shape index (κ2) is 7.50. The van der Waals surface area contributed by atoms with Gasteiger partial charge in [-0.05, 0) is 67.7 Å². The maximum Gasteiger partial charge on any atom is 0.0708 e. The van der Waals surface area contributed by atoms with Gasteiger partial charge in [-0.3, -0.25) is 9.97 Å². The molecule has 0 aliphatic heterocycles. The molecule has 0 fully saturated rings. The first kappa shape index (κ1) is 19.0. The molecular weight excluding hydrogens is 412 g/mol. The summed E-state index contributed by atoms with van der Waals surface area (Å²) in [6.45, 7) is 0. The van der Waals surface area contributed by atoms with Gasteiger partial charge in [-0.25, -0.2) is 0 Å². The Hall–Kier alpha value is -4.56. The fourth-order valence-electron chi connectivity index (χ4n) is 5.15. The Balaban J connectivity index is 1.46. The number of pyridine rings is 2. The van der Waals surface area contributed by atoms with Crippen molar-refractivity contribution in [2.45, 2.75) is 0 Å². The second-order valence-corrected chi connectivity index (χ2v) is 8.66. The molecule has 0 bridgehead atoms. The molecule has 34 heavy (non-hydrogen) atoms. The Labute approximate surface area is 197 Å². The quantitative estimate of drug-likeness (QED) is 0.262. The number of benzene rings is 5. The summed E-state index contributed by atoms with van der Waals surface area (Å²) in [4.78, 5) is 9.11. The van der Waals surface area contributed by atoms with Gasteiger partial charge in [-0.1, -0.05) is 84.9 Å². The zero-order valence-electron chi connectivity index (χ0n) is 18.4. The minimum Gasteiger partial charge on any atom is -0.256 e. The lowest BCUT2D eigenvalue weighted by Crippen LogP contribution is -1.90. The average Bonchev–Trinajstić information content (AvgIpc) is 2.92. The summed E-state index contributed by atoms with van der Waals surface area (Å²) in [6, 6.07) is 38.8. The van der Waals surface area contributed by atoms with Crippen molar-refractivity contribution < 1.29 is 0 Å². The molecule has 7 rings (SSSR count). The third kappa shape index (κ3) is 2.89. The third-order valence-electron chi connectivity index (χ3n) is 6.76. The zero-order valence-corrected chi connectivity index (χ0v) is 18.4. The van der Waals surface area contributed by atoms with Crippen LogP contribution in [0.3, 0.4) is 0 Å². The van der Waals surface area contributed by atoms with Crippen molar-refractivity contribution in [3.8, 4) is 33.6 Å². The molecule has 0 saturated heterocycles. The number of aromatic nitrogens is 2. The Bertz CT molecular complexity index is 1770. The lowest BCUT2D eigenvalue weighted by molar-refractivity contribution is 1.33. The highest BCUT2D eigenvalue weighted by Crippen LogP contribution is 2.42. The van der Waals surface area contributed by atoms with Gasteiger partial charge in [0.25, 0.3) is 0 Å². The smallest absolute Gasteiger partial charge is 0.0708 e. The first-order valence-electron chi connectivity index (χ1n) is 11.5. The predicted molar refractivity (Wildman–Crippen MR) is 142 cm³/mol. The van der Waals surface area contributed by atoms with E-state index in [4.69, 9.17) is 0 Å². The van der Waals surface area contributed by atoms with E-state index in [1.54, 1.807) is 0 Å². The highest BCUT2D eigenvalue weighted by atomic mass is 14.7. The largest absolute Gasteiger partial charge is 0.256 e. The number of hydrogen-bond donors (Lipinski definition) is 0. The van der Waals surface area contributed by atoms with E-state index in [-0.39, 0.29) is 0 Å². The van der Waals surface area contributed by atoms with Gasteiger partial charge in [0.2, 0.25) is 0 Å². The van der Waals surface area contributed by atoms with Crippen LogP contribution < -0.4 is 0 Å². The molecule has 0 aliphatic carbocycles. The SMILES string of the molecule is c1ccc(-c2ccc(-c3ccc4ccc5ccc(-c6ccccn6)c6ccc3c4c56)cc2)nc1. The highest BCUT2D eigenvalue weighted by molar-refractivity contribution is 6.27. The van der Waals surface area contributed by atoms with Crippen molar-refractivity contribution in [1.29, 1.82) is 0 Å². The second-order valence-electron chi connectivity index (χ2n) is 8.66. The first-order chi connectivity index (χ1) is 16.9. The summed E-state index contributed by atoms with van der Waals surface area (Å²) in [5, 5.41) is 7.68. The molecule has 0 amide bonds. The van der Waals surface area contributed by atoms with E-state index in [0.717, 1.165) is 17.0 Å². The Morgan fingerprint density at radius 2 is 0.912 bits per heavy atom. The molecule has 2 heteroatoms. The topological polar surface area (TPSA) is 25.8 Å². The maximum atomic E-state index is 4.62. The summed E-state index contributed by atoms with van der Waals surface area (Å²) in [6.07, 6.45) is 3.70. The molecule has 0 spiro atoms. The van der Waals surface area contributed by atoms with Crippen molar-refractivity contribution in [2.75, 3.05) is 0 Å². The van der Waals surface area contributed by atoms with Crippen LogP contribution in [-0.4, -0.2) is 9.97 Å². The first-order valence-corrected chi connectivity index (χ1v) is 11.5. The van der Waals surface area contributed by atoms with Gasteiger partial charge in [0.1, 0.15) is 0 Å². The highest BCUT2D eigenvalue weighted by Gasteiger charge is 2.15. The van der Waals surface area contributed by atoms with E-state index in [0.29, 0.717) is 0 Å². The lowest BCUT2D eigenvalue weighted by Gasteiger charge is -2.16. The monoisotopic (exact) mass is 432 g/mol. The van der Waals surface area contributed by atoms with Crippen LogP contribution in [0.2, 0.25) is 0 Å². The van der Waals surface area contributed by atoms with Gasteiger partial charge in [0, 0.05) is 23.5 Å². The van der Waals surface area contributed by atoms with Crippen molar-refractivity contribution >= 4 is 32.3 Å². The Kier molecular flexibility index (Phi) is 4.18. The molecule has 0 atom stereocenters. The van der Waals surface area contributed by atoms with Crippen molar-refractivity contribution in [1.82, 2.24) is 9.97 Å². The van der Waals surface area contributed by atoms with Crippen LogP contribution in [0.1, 0.15) is 0 Å². The van der Waals surface area contributed by atoms with Gasteiger partial charge in [-0.15, -0.1) is 0 Å². The van der Waals surface area contributed by atoms with Crippen LogP contribution in [0, 0.1) is 0 Å². The van der Waals surface area contributed by atoms with Crippen molar-refractivity contribution in [3.05, 3.63) is 122 Å². The molecule has 2 heterocycles. The number of nitrogens with zero attached hydrogens (tertiary/aromatic N) is 2. The Morgan fingerprint density at radius 1 is 0.382 bits per heavy atom. The van der Waals surface area contributed by atoms with Crippen LogP contribution in [0.15, 0.2) is 122 Å². The third-order valence-corrected chi connectivity index (χ3v) is 6.76. The normalized spacial score (nSPS) is 11.5. The Morgan fingerprint density at radius 3 is 1.53 bits per heavy atom. The van der Waals surface area contributed by atoms with E-state index >= 15 is 0 Å².